The summed E-state index contributed by atoms with van der Waals surface area (Å²) in [6.07, 6.45) is 1.43. The molecule has 0 unspecified atom stereocenters. The Hall–Kier alpha value is -2.75. The van der Waals surface area contributed by atoms with Crippen LogP contribution >= 0.6 is 0 Å². The van der Waals surface area contributed by atoms with Crippen molar-refractivity contribution in [2.45, 2.75) is 6.61 Å². The minimum absolute atomic E-state index is 0.531. The third-order valence-electron chi connectivity index (χ3n) is 2.97. The van der Waals surface area contributed by atoms with Crippen LogP contribution in [0, 0.1) is 0 Å². The molecule has 3 rings (SSSR count). The van der Waals surface area contributed by atoms with Crippen LogP contribution in [-0.2, 0) is 6.61 Å². The van der Waals surface area contributed by atoms with E-state index in [0.717, 1.165) is 16.9 Å². The molecule has 0 fully saturated rings. The lowest BCUT2D eigenvalue weighted by molar-refractivity contribution is 0.306. The summed E-state index contributed by atoms with van der Waals surface area (Å²) >= 11 is 0. The van der Waals surface area contributed by atoms with Crippen molar-refractivity contribution in [1.82, 2.24) is 5.16 Å². The summed E-state index contributed by atoms with van der Waals surface area (Å²) in [6.45, 7) is 0.548. The molecule has 0 aliphatic rings. The second-order valence-corrected chi connectivity index (χ2v) is 4.42. The molecular formula is C16H14N2O2. The van der Waals surface area contributed by atoms with Crippen LogP contribution < -0.4 is 10.5 Å². The van der Waals surface area contributed by atoms with Gasteiger partial charge in [0.05, 0.1) is 0 Å². The van der Waals surface area contributed by atoms with E-state index in [-0.39, 0.29) is 0 Å². The summed E-state index contributed by atoms with van der Waals surface area (Å²) in [5.74, 6) is 0.805. The Morgan fingerprint density at radius 1 is 1.00 bits per heavy atom. The summed E-state index contributed by atoms with van der Waals surface area (Å²) in [6, 6.07) is 17.7. The fourth-order valence-corrected chi connectivity index (χ4v) is 1.91. The highest BCUT2D eigenvalue weighted by Gasteiger charge is 2.07. The Morgan fingerprint density at radius 2 is 1.75 bits per heavy atom. The van der Waals surface area contributed by atoms with Gasteiger partial charge in [-0.15, -0.1) is 0 Å². The Labute approximate surface area is 116 Å². The number of benzene rings is 2. The van der Waals surface area contributed by atoms with Crippen molar-refractivity contribution in [2.75, 3.05) is 5.73 Å². The Morgan fingerprint density at radius 3 is 2.40 bits per heavy atom. The van der Waals surface area contributed by atoms with Crippen molar-refractivity contribution >= 4 is 5.69 Å². The van der Waals surface area contributed by atoms with Crippen molar-refractivity contribution in [2.24, 2.45) is 0 Å². The van der Waals surface area contributed by atoms with E-state index in [2.05, 4.69) is 5.16 Å². The molecule has 0 saturated carbocycles. The third-order valence-corrected chi connectivity index (χ3v) is 2.97. The lowest BCUT2D eigenvalue weighted by atomic mass is 10.1. The van der Waals surface area contributed by atoms with Gasteiger partial charge in [0, 0.05) is 5.56 Å². The lowest BCUT2D eigenvalue weighted by Crippen LogP contribution is -1.94. The van der Waals surface area contributed by atoms with E-state index in [0.29, 0.717) is 18.0 Å². The van der Waals surface area contributed by atoms with E-state index < -0.39 is 0 Å². The second-order valence-electron chi connectivity index (χ2n) is 4.42. The SMILES string of the molecule is Nc1conc1-c1ccc(OCc2ccccc2)cc1. The van der Waals surface area contributed by atoms with Crippen LogP contribution in [0.1, 0.15) is 5.56 Å². The average Bonchev–Trinajstić information content (AvgIpc) is 2.93. The molecule has 3 aromatic rings. The Kier molecular flexibility index (Phi) is 3.37. The predicted molar refractivity (Wildman–Crippen MR) is 77.1 cm³/mol. The molecule has 0 aliphatic heterocycles. The number of nitrogens with two attached hydrogens (primary N) is 1. The zero-order valence-electron chi connectivity index (χ0n) is 10.8. The molecule has 0 saturated heterocycles. The van der Waals surface area contributed by atoms with Crippen molar-refractivity contribution in [3.05, 3.63) is 66.4 Å². The molecule has 1 heterocycles. The standard InChI is InChI=1S/C16H14N2O2/c17-15-11-20-18-16(15)13-6-8-14(9-7-13)19-10-12-4-2-1-3-5-12/h1-9,11H,10,17H2. The first kappa shape index (κ1) is 12.3. The highest BCUT2D eigenvalue weighted by atomic mass is 16.5. The minimum Gasteiger partial charge on any atom is -0.489 e. The molecule has 20 heavy (non-hydrogen) atoms. The first-order chi connectivity index (χ1) is 9.83. The summed E-state index contributed by atoms with van der Waals surface area (Å²) in [5, 5.41) is 3.87. The smallest absolute Gasteiger partial charge is 0.147 e. The Bertz CT molecular complexity index is 675. The largest absolute Gasteiger partial charge is 0.489 e. The van der Waals surface area contributed by atoms with E-state index >= 15 is 0 Å². The molecule has 0 amide bonds. The van der Waals surface area contributed by atoms with Crippen LogP contribution in [-0.4, -0.2) is 5.16 Å². The van der Waals surface area contributed by atoms with Gasteiger partial charge < -0.3 is 15.0 Å². The van der Waals surface area contributed by atoms with E-state index in [9.17, 15) is 0 Å². The van der Waals surface area contributed by atoms with Gasteiger partial charge in [-0.25, -0.2) is 0 Å². The summed E-state index contributed by atoms with van der Waals surface area (Å²) in [7, 11) is 0. The first-order valence-corrected chi connectivity index (χ1v) is 6.30. The van der Waals surface area contributed by atoms with E-state index in [1.165, 1.54) is 6.26 Å². The number of nitrogen functional groups attached to an aromatic ring is 1. The van der Waals surface area contributed by atoms with Gasteiger partial charge in [0.2, 0.25) is 0 Å². The number of ether oxygens (including phenoxy) is 1. The molecule has 1 aromatic heterocycles. The van der Waals surface area contributed by atoms with Gasteiger partial charge in [-0.1, -0.05) is 35.5 Å². The summed E-state index contributed by atoms with van der Waals surface area (Å²) < 4.78 is 10.5. The molecule has 0 bridgehead atoms. The van der Waals surface area contributed by atoms with Crippen molar-refractivity contribution < 1.29 is 9.26 Å². The monoisotopic (exact) mass is 266 g/mol. The summed E-state index contributed by atoms with van der Waals surface area (Å²) in [5.41, 5.74) is 8.98. The molecule has 0 spiro atoms. The zero-order chi connectivity index (χ0) is 13.8. The minimum atomic E-state index is 0.531. The van der Waals surface area contributed by atoms with Gasteiger partial charge in [0.1, 0.15) is 30.0 Å². The maximum absolute atomic E-state index is 5.76. The zero-order valence-corrected chi connectivity index (χ0v) is 10.8. The van der Waals surface area contributed by atoms with Gasteiger partial charge in [-0.3, -0.25) is 0 Å². The van der Waals surface area contributed by atoms with Crippen molar-refractivity contribution in [3.8, 4) is 17.0 Å². The van der Waals surface area contributed by atoms with Crippen molar-refractivity contribution in [3.63, 3.8) is 0 Å². The van der Waals surface area contributed by atoms with Crippen LogP contribution in [0.4, 0.5) is 5.69 Å². The highest BCUT2D eigenvalue weighted by molar-refractivity contribution is 5.71. The number of nitrogens with zero attached hydrogens (tertiary/aromatic N) is 1. The van der Waals surface area contributed by atoms with Gasteiger partial charge >= 0.3 is 0 Å². The molecular weight excluding hydrogens is 252 g/mol. The molecule has 0 aliphatic carbocycles. The number of hydrogen-bond acceptors (Lipinski definition) is 4. The topological polar surface area (TPSA) is 61.3 Å². The lowest BCUT2D eigenvalue weighted by Gasteiger charge is -2.06. The maximum atomic E-state index is 5.76. The number of hydrogen-bond donors (Lipinski definition) is 1. The number of rotatable bonds is 4. The molecule has 4 heteroatoms. The van der Waals surface area contributed by atoms with Gasteiger partial charge in [0.15, 0.2) is 0 Å². The molecule has 4 nitrogen and oxygen atoms in total. The van der Waals surface area contributed by atoms with E-state index in [4.69, 9.17) is 15.0 Å². The highest BCUT2D eigenvalue weighted by Crippen LogP contribution is 2.26. The molecule has 100 valence electrons. The Balaban J connectivity index is 1.69. The van der Waals surface area contributed by atoms with E-state index in [1.807, 2.05) is 54.6 Å². The molecule has 2 N–H and O–H groups in total. The predicted octanol–water partition coefficient (Wildman–Crippen LogP) is 3.50. The third kappa shape index (κ3) is 2.64. The summed E-state index contributed by atoms with van der Waals surface area (Å²) in [4.78, 5) is 0. The normalized spacial score (nSPS) is 10.4. The van der Waals surface area contributed by atoms with E-state index in [1.54, 1.807) is 0 Å². The maximum Gasteiger partial charge on any atom is 0.147 e. The van der Waals surface area contributed by atoms with Crippen molar-refractivity contribution in [1.29, 1.82) is 0 Å². The van der Waals surface area contributed by atoms with Crippen LogP contribution in [0.15, 0.2) is 65.4 Å². The molecule has 0 atom stereocenters. The fraction of sp³-hybridized carbons (Fsp3) is 0.0625. The fourth-order valence-electron chi connectivity index (χ4n) is 1.91. The van der Waals surface area contributed by atoms with Gasteiger partial charge in [0.25, 0.3) is 0 Å². The number of aromatic nitrogens is 1. The van der Waals surface area contributed by atoms with Crippen LogP contribution in [0.3, 0.4) is 0 Å². The van der Waals surface area contributed by atoms with Crippen LogP contribution in [0.5, 0.6) is 5.75 Å². The van der Waals surface area contributed by atoms with Gasteiger partial charge in [-0.2, -0.15) is 0 Å². The van der Waals surface area contributed by atoms with Crippen LogP contribution in [0.25, 0.3) is 11.3 Å². The molecule has 0 radical (unpaired) electrons. The van der Waals surface area contributed by atoms with Crippen LogP contribution in [0.2, 0.25) is 0 Å². The quantitative estimate of drug-likeness (QED) is 0.785. The second kappa shape index (κ2) is 5.48. The average molecular weight is 266 g/mol. The van der Waals surface area contributed by atoms with Gasteiger partial charge in [-0.05, 0) is 29.8 Å². The first-order valence-electron chi connectivity index (χ1n) is 6.30. The number of anilines is 1. The molecule has 2 aromatic carbocycles.